The zero-order chi connectivity index (χ0) is 13.4. The van der Waals surface area contributed by atoms with Crippen molar-refractivity contribution in [2.75, 3.05) is 18.6 Å². The lowest BCUT2D eigenvalue weighted by atomic mass is 10.0. The van der Waals surface area contributed by atoms with Gasteiger partial charge in [-0.15, -0.1) is 0 Å². The topological polar surface area (TPSA) is 29.1 Å². The molecule has 0 aliphatic rings. The van der Waals surface area contributed by atoms with Crippen molar-refractivity contribution in [1.29, 1.82) is 0 Å². The van der Waals surface area contributed by atoms with E-state index in [1.54, 1.807) is 6.26 Å². The Balaban J connectivity index is 2.59. The van der Waals surface area contributed by atoms with Crippen LogP contribution in [0.1, 0.15) is 37.8 Å². The van der Waals surface area contributed by atoms with Crippen LogP contribution in [-0.2, 0) is 10.8 Å². The summed E-state index contributed by atoms with van der Waals surface area (Å²) < 4.78 is 23.9. The van der Waals surface area contributed by atoms with Crippen LogP contribution in [0.15, 0.2) is 24.3 Å². The fraction of sp³-hybridized carbons (Fsp3) is 0.571. The summed E-state index contributed by atoms with van der Waals surface area (Å²) in [5.41, 5.74) is 1.10. The minimum atomic E-state index is -0.770. The van der Waals surface area contributed by atoms with E-state index in [4.69, 9.17) is 0 Å². The molecule has 0 bridgehead atoms. The van der Waals surface area contributed by atoms with Crippen LogP contribution in [0.5, 0.6) is 0 Å². The summed E-state index contributed by atoms with van der Waals surface area (Å²) in [6, 6.07) is 6.87. The average molecular weight is 271 g/mol. The van der Waals surface area contributed by atoms with Crippen molar-refractivity contribution in [1.82, 2.24) is 5.32 Å². The highest BCUT2D eigenvalue weighted by molar-refractivity contribution is 7.84. The molecule has 0 fully saturated rings. The van der Waals surface area contributed by atoms with Crippen molar-refractivity contribution in [3.63, 3.8) is 0 Å². The van der Waals surface area contributed by atoms with Gasteiger partial charge < -0.3 is 5.32 Å². The second-order valence-corrected chi connectivity index (χ2v) is 6.03. The van der Waals surface area contributed by atoms with E-state index in [1.807, 2.05) is 12.1 Å². The molecule has 2 atom stereocenters. The molecule has 18 heavy (non-hydrogen) atoms. The lowest BCUT2D eigenvalue weighted by Gasteiger charge is -2.18. The fourth-order valence-electron chi connectivity index (χ4n) is 1.87. The number of nitrogens with one attached hydrogen (secondary N) is 1. The van der Waals surface area contributed by atoms with Gasteiger partial charge in [-0.25, -0.2) is 4.39 Å². The molecule has 0 saturated heterocycles. The van der Waals surface area contributed by atoms with Crippen molar-refractivity contribution in [3.8, 4) is 0 Å². The van der Waals surface area contributed by atoms with E-state index < -0.39 is 10.8 Å². The van der Waals surface area contributed by atoms with Crippen molar-refractivity contribution in [2.24, 2.45) is 0 Å². The third-order valence-corrected chi connectivity index (χ3v) is 3.68. The molecule has 2 unspecified atom stereocenters. The van der Waals surface area contributed by atoms with Gasteiger partial charge in [0.1, 0.15) is 5.82 Å². The molecule has 2 nitrogen and oxygen atoms in total. The van der Waals surface area contributed by atoms with Crippen LogP contribution in [0.2, 0.25) is 0 Å². The molecule has 1 N–H and O–H groups in total. The number of hydrogen-bond acceptors (Lipinski definition) is 2. The van der Waals surface area contributed by atoms with Crippen LogP contribution in [0.3, 0.4) is 0 Å². The highest BCUT2D eigenvalue weighted by Gasteiger charge is 2.10. The van der Waals surface area contributed by atoms with Crippen LogP contribution in [0.25, 0.3) is 0 Å². The van der Waals surface area contributed by atoms with E-state index in [0.717, 1.165) is 31.4 Å². The van der Waals surface area contributed by atoms with Gasteiger partial charge in [-0.1, -0.05) is 31.9 Å². The standard InChI is InChI=1S/C14H22FNOS/c1-3-4-5-14(16-10-11-18(2)17)12-6-8-13(15)9-7-12/h6-9,14,16H,3-5,10-11H2,1-2H3. The van der Waals surface area contributed by atoms with Gasteiger partial charge in [-0.05, 0) is 24.1 Å². The maximum atomic E-state index is 12.9. The predicted octanol–water partition coefficient (Wildman–Crippen LogP) is 3.03. The minimum absolute atomic E-state index is 0.206. The minimum Gasteiger partial charge on any atom is -0.309 e. The normalized spacial score (nSPS) is 14.4. The van der Waals surface area contributed by atoms with Gasteiger partial charge in [0.05, 0.1) is 0 Å². The summed E-state index contributed by atoms with van der Waals surface area (Å²) in [5, 5.41) is 3.41. The third-order valence-electron chi connectivity index (χ3n) is 2.90. The first-order chi connectivity index (χ1) is 8.63. The summed E-state index contributed by atoms with van der Waals surface area (Å²) >= 11 is 0. The van der Waals surface area contributed by atoms with Crippen LogP contribution in [0.4, 0.5) is 4.39 Å². The van der Waals surface area contributed by atoms with E-state index in [1.165, 1.54) is 12.1 Å². The highest BCUT2D eigenvalue weighted by atomic mass is 32.2. The molecule has 4 heteroatoms. The first-order valence-electron chi connectivity index (χ1n) is 6.42. The zero-order valence-corrected chi connectivity index (χ0v) is 11.9. The largest absolute Gasteiger partial charge is 0.309 e. The molecule has 0 aromatic heterocycles. The summed E-state index contributed by atoms with van der Waals surface area (Å²) in [4.78, 5) is 0. The summed E-state index contributed by atoms with van der Waals surface area (Å²) in [6.07, 6.45) is 5.00. The van der Waals surface area contributed by atoms with Crippen LogP contribution in [0, 0.1) is 5.82 Å². The number of rotatable bonds is 8. The Bertz CT molecular complexity index is 367. The molecule has 1 rings (SSSR count). The van der Waals surface area contributed by atoms with E-state index in [2.05, 4.69) is 12.2 Å². The van der Waals surface area contributed by atoms with Gasteiger partial charge in [0.25, 0.3) is 0 Å². The molecule has 0 amide bonds. The summed E-state index contributed by atoms with van der Waals surface area (Å²) in [5.74, 6) is 0.451. The quantitative estimate of drug-likeness (QED) is 0.787. The molecular formula is C14H22FNOS. The zero-order valence-electron chi connectivity index (χ0n) is 11.1. The number of unbranched alkanes of at least 4 members (excludes halogenated alkanes) is 1. The van der Waals surface area contributed by atoms with Gasteiger partial charge >= 0.3 is 0 Å². The van der Waals surface area contributed by atoms with E-state index >= 15 is 0 Å². The molecular weight excluding hydrogens is 249 g/mol. The van der Waals surface area contributed by atoms with Crippen LogP contribution >= 0.6 is 0 Å². The Kier molecular flexibility index (Phi) is 7.13. The van der Waals surface area contributed by atoms with E-state index in [0.29, 0.717) is 5.75 Å². The second kappa shape index (κ2) is 8.38. The Morgan fingerprint density at radius 1 is 1.33 bits per heavy atom. The van der Waals surface area contributed by atoms with E-state index in [-0.39, 0.29) is 11.9 Å². The SMILES string of the molecule is CCCCC(NCCS(C)=O)c1ccc(F)cc1. The average Bonchev–Trinajstić information content (AvgIpc) is 2.34. The monoisotopic (exact) mass is 271 g/mol. The Labute approximate surface area is 111 Å². The Morgan fingerprint density at radius 2 is 2.00 bits per heavy atom. The molecule has 1 aromatic rings. The number of halogens is 1. The third kappa shape index (κ3) is 5.74. The van der Waals surface area contributed by atoms with Gasteiger partial charge in [-0.2, -0.15) is 0 Å². The smallest absolute Gasteiger partial charge is 0.123 e. The fourth-order valence-corrected chi connectivity index (χ4v) is 2.27. The van der Waals surface area contributed by atoms with Gasteiger partial charge in [0.15, 0.2) is 0 Å². The van der Waals surface area contributed by atoms with Crippen molar-refractivity contribution >= 4 is 10.8 Å². The molecule has 0 aliphatic heterocycles. The molecule has 0 saturated carbocycles. The lowest BCUT2D eigenvalue weighted by Crippen LogP contribution is -2.25. The Morgan fingerprint density at radius 3 is 2.56 bits per heavy atom. The first-order valence-corrected chi connectivity index (χ1v) is 8.15. The van der Waals surface area contributed by atoms with Gasteiger partial charge in [0.2, 0.25) is 0 Å². The molecule has 0 aliphatic carbocycles. The maximum absolute atomic E-state index is 12.9. The molecule has 0 radical (unpaired) electrons. The van der Waals surface area contributed by atoms with Crippen LogP contribution < -0.4 is 5.32 Å². The van der Waals surface area contributed by atoms with Crippen molar-refractivity contribution in [3.05, 3.63) is 35.6 Å². The van der Waals surface area contributed by atoms with Crippen molar-refractivity contribution < 1.29 is 8.60 Å². The van der Waals surface area contributed by atoms with Crippen molar-refractivity contribution in [2.45, 2.75) is 32.2 Å². The lowest BCUT2D eigenvalue weighted by molar-refractivity contribution is 0.494. The maximum Gasteiger partial charge on any atom is 0.123 e. The summed E-state index contributed by atoms with van der Waals surface area (Å²) in [7, 11) is -0.770. The van der Waals surface area contributed by atoms with Crippen LogP contribution in [-0.4, -0.2) is 22.8 Å². The molecule has 0 heterocycles. The number of hydrogen-bond donors (Lipinski definition) is 1. The molecule has 102 valence electrons. The predicted molar refractivity (Wildman–Crippen MR) is 75.6 cm³/mol. The summed E-state index contributed by atoms with van der Waals surface area (Å²) in [6.45, 7) is 2.89. The highest BCUT2D eigenvalue weighted by Crippen LogP contribution is 2.19. The van der Waals surface area contributed by atoms with Gasteiger partial charge in [-0.3, -0.25) is 4.21 Å². The second-order valence-electron chi connectivity index (χ2n) is 4.48. The molecule has 0 spiro atoms. The Hall–Kier alpha value is -0.740. The number of benzene rings is 1. The van der Waals surface area contributed by atoms with E-state index in [9.17, 15) is 8.60 Å². The first kappa shape index (κ1) is 15.3. The van der Waals surface area contributed by atoms with Gasteiger partial charge in [0, 0.05) is 35.4 Å². The molecule has 1 aromatic carbocycles.